The fraction of sp³-hybridized carbons (Fsp3) is 0.261. The lowest BCUT2D eigenvalue weighted by molar-refractivity contribution is 0.0784. The van der Waals surface area contributed by atoms with Gasteiger partial charge in [0.2, 0.25) is 0 Å². The number of piperazine rings is 1. The van der Waals surface area contributed by atoms with Crippen molar-refractivity contribution in [2.24, 2.45) is 0 Å². The maximum atomic E-state index is 13.2. The van der Waals surface area contributed by atoms with Gasteiger partial charge in [-0.15, -0.1) is 0 Å². The van der Waals surface area contributed by atoms with E-state index in [-0.39, 0.29) is 24.3 Å². The van der Waals surface area contributed by atoms with E-state index in [0.29, 0.717) is 48.5 Å². The van der Waals surface area contributed by atoms with Crippen LogP contribution in [0.1, 0.15) is 20.8 Å². The molecule has 1 aliphatic heterocycles. The van der Waals surface area contributed by atoms with Gasteiger partial charge in [-0.1, -0.05) is 36.4 Å². The quantitative estimate of drug-likeness (QED) is 0.619. The van der Waals surface area contributed by atoms with Crippen LogP contribution >= 0.6 is 0 Å². The third kappa shape index (κ3) is 4.44. The summed E-state index contributed by atoms with van der Waals surface area (Å²) in [4.78, 5) is 44.7. The van der Waals surface area contributed by atoms with Crippen molar-refractivity contribution in [1.29, 1.82) is 0 Å². The summed E-state index contributed by atoms with van der Waals surface area (Å²) in [5.41, 5.74) is 2.04. The standard InChI is InChI=1S/C23H24N4O4/c1-31-23(30)27-13-11-26(12-14-27)15-19(28)21-20(17-9-5-6-10-18(17)25-21)22(29)24-16-7-3-2-4-8-16/h2-10,25H,11-15H2,1H3,(H,24,29). The number of ether oxygens (including phenoxy) is 1. The van der Waals surface area contributed by atoms with E-state index in [4.69, 9.17) is 4.74 Å². The zero-order chi connectivity index (χ0) is 21.8. The second-order valence-electron chi connectivity index (χ2n) is 7.40. The Balaban J connectivity index is 1.54. The summed E-state index contributed by atoms with van der Waals surface area (Å²) < 4.78 is 4.75. The monoisotopic (exact) mass is 420 g/mol. The van der Waals surface area contributed by atoms with Crippen molar-refractivity contribution in [1.82, 2.24) is 14.8 Å². The van der Waals surface area contributed by atoms with E-state index in [9.17, 15) is 14.4 Å². The minimum Gasteiger partial charge on any atom is -0.453 e. The number of aromatic amines is 1. The maximum absolute atomic E-state index is 13.2. The number of hydrogen-bond donors (Lipinski definition) is 2. The lowest BCUT2D eigenvalue weighted by atomic mass is 10.1. The molecule has 0 radical (unpaired) electrons. The molecule has 4 rings (SSSR count). The number of para-hydroxylation sites is 2. The molecule has 1 fully saturated rings. The first-order valence-electron chi connectivity index (χ1n) is 10.1. The Morgan fingerprint density at radius 1 is 0.968 bits per heavy atom. The van der Waals surface area contributed by atoms with Crippen LogP contribution in [0, 0.1) is 0 Å². The summed E-state index contributed by atoms with van der Waals surface area (Å²) in [6.45, 7) is 2.27. The highest BCUT2D eigenvalue weighted by molar-refractivity contribution is 6.20. The Hall–Kier alpha value is -3.65. The lowest BCUT2D eigenvalue weighted by Crippen LogP contribution is -2.50. The average molecular weight is 420 g/mol. The molecule has 160 valence electrons. The molecule has 8 heteroatoms. The molecule has 0 spiro atoms. The molecule has 0 saturated carbocycles. The molecule has 2 heterocycles. The summed E-state index contributed by atoms with van der Waals surface area (Å²) in [6, 6.07) is 16.5. The number of ketones is 1. The van der Waals surface area contributed by atoms with E-state index in [2.05, 4.69) is 10.3 Å². The number of nitrogens with zero attached hydrogens (tertiary/aromatic N) is 2. The van der Waals surface area contributed by atoms with E-state index in [1.807, 2.05) is 47.4 Å². The number of Topliss-reactive ketones (excluding diaryl/α,β-unsaturated/α-hetero) is 1. The molecule has 0 atom stereocenters. The lowest BCUT2D eigenvalue weighted by Gasteiger charge is -2.33. The van der Waals surface area contributed by atoms with Gasteiger partial charge in [-0.3, -0.25) is 14.5 Å². The number of anilines is 1. The Labute approximate surface area is 179 Å². The first kappa shape index (κ1) is 20.6. The van der Waals surface area contributed by atoms with Crippen LogP contribution in [0.15, 0.2) is 54.6 Å². The van der Waals surface area contributed by atoms with Crippen molar-refractivity contribution in [2.75, 3.05) is 45.2 Å². The zero-order valence-corrected chi connectivity index (χ0v) is 17.3. The smallest absolute Gasteiger partial charge is 0.409 e. The van der Waals surface area contributed by atoms with E-state index in [1.54, 1.807) is 17.0 Å². The van der Waals surface area contributed by atoms with Crippen molar-refractivity contribution >= 4 is 34.4 Å². The van der Waals surface area contributed by atoms with Gasteiger partial charge in [0.15, 0.2) is 5.78 Å². The van der Waals surface area contributed by atoms with E-state index >= 15 is 0 Å². The third-order valence-corrected chi connectivity index (χ3v) is 5.42. The summed E-state index contributed by atoms with van der Waals surface area (Å²) >= 11 is 0. The number of hydrogen-bond acceptors (Lipinski definition) is 5. The van der Waals surface area contributed by atoms with Gasteiger partial charge in [0.1, 0.15) is 0 Å². The van der Waals surface area contributed by atoms with Crippen LogP contribution in [0.4, 0.5) is 10.5 Å². The molecule has 2 aromatic carbocycles. The van der Waals surface area contributed by atoms with E-state index < -0.39 is 0 Å². The summed E-state index contributed by atoms with van der Waals surface area (Å²) in [7, 11) is 1.36. The summed E-state index contributed by atoms with van der Waals surface area (Å²) in [5, 5.41) is 3.58. The van der Waals surface area contributed by atoms with Gasteiger partial charge in [-0.2, -0.15) is 0 Å². The minimum absolute atomic E-state index is 0.160. The molecular weight excluding hydrogens is 396 g/mol. The Morgan fingerprint density at radius 3 is 2.35 bits per heavy atom. The molecule has 2 amide bonds. The average Bonchev–Trinajstić information content (AvgIpc) is 3.20. The zero-order valence-electron chi connectivity index (χ0n) is 17.3. The maximum Gasteiger partial charge on any atom is 0.409 e. The number of benzene rings is 2. The number of methoxy groups -OCH3 is 1. The Bertz CT molecular complexity index is 1100. The molecule has 0 bridgehead atoms. The first-order valence-corrected chi connectivity index (χ1v) is 10.1. The minimum atomic E-state index is -0.360. The largest absolute Gasteiger partial charge is 0.453 e. The fourth-order valence-electron chi connectivity index (χ4n) is 3.80. The highest BCUT2D eigenvalue weighted by atomic mass is 16.5. The fourth-order valence-corrected chi connectivity index (χ4v) is 3.80. The van der Waals surface area contributed by atoms with Crippen molar-refractivity contribution in [3.8, 4) is 0 Å². The predicted molar refractivity (Wildman–Crippen MR) is 117 cm³/mol. The molecule has 3 aromatic rings. The summed E-state index contributed by atoms with van der Waals surface area (Å²) in [5.74, 6) is -0.497. The molecule has 2 N–H and O–H groups in total. The molecule has 0 unspecified atom stereocenters. The van der Waals surface area contributed by atoms with Gasteiger partial charge in [0.05, 0.1) is 24.9 Å². The topological polar surface area (TPSA) is 94.7 Å². The number of nitrogens with one attached hydrogen (secondary N) is 2. The van der Waals surface area contributed by atoms with Crippen LogP contribution in [0.2, 0.25) is 0 Å². The van der Waals surface area contributed by atoms with E-state index in [1.165, 1.54) is 7.11 Å². The van der Waals surface area contributed by atoms with Crippen LogP contribution in [0.3, 0.4) is 0 Å². The van der Waals surface area contributed by atoms with Gasteiger partial charge in [0.25, 0.3) is 5.91 Å². The van der Waals surface area contributed by atoms with Crippen LogP contribution in [0.25, 0.3) is 10.9 Å². The van der Waals surface area contributed by atoms with Gasteiger partial charge >= 0.3 is 6.09 Å². The van der Waals surface area contributed by atoms with Gasteiger partial charge in [-0.05, 0) is 18.2 Å². The van der Waals surface area contributed by atoms with Crippen molar-refractivity contribution in [3.63, 3.8) is 0 Å². The predicted octanol–water partition coefficient (Wildman–Crippen LogP) is 2.99. The summed E-state index contributed by atoms with van der Waals surface area (Å²) in [6.07, 6.45) is -0.360. The number of carbonyl (C=O) groups excluding carboxylic acids is 3. The van der Waals surface area contributed by atoms with Gasteiger partial charge in [0, 0.05) is 42.8 Å². The van der Waals surface area contributed by atoms with E-state index in [0.717, 1.165) is 5.52 Å². The number of fused-ring (bicyclic) bond motifs is 1. The number of rotatable bonds is 5. The Kier molecular flexibility index (Phi) is 5.99. The molecule has 1 aromatic heterocycles. The second-order valence-corrected chi connectivity index (χ2v) is 7.40. The molecular formula is C23H24N4O4. The van der Waals surface area contributed by atoms with Crippen LogP contribution in [-0.4, -0.2) is 72.4 Å². The van der Waals surface area contributed by atoms with Crippen molar-refractivity contribution < 1.29 is 19.1 Å². The molecule has 0 aliphatic carbocycles. The normalized spacial score (nSPS) is 14.4. The number of carbonyl (C=O) groups is 3. The van der Waals surface area contributed by atoms with Gasteiger partial charge < -0.3 is 19.9 Å². The van der Waals surface area contributed by atoms with Gasteiger partial charge in [-0.25, -0.2) is 4.79 Å². The number of aromatic nitrogens is 1. The van der Waals surface area contributed by atoms with Crippen LogP contribution in [-0.2, 0) is 4.74 Å². The third-order valence-electron chi connectivity index (χ3n) is 5.42. The molecule has 1 aliphatic rings. The van der Waals surface area contributed by atoms with Crippen LogP contribution < -0.4 is 5.32 Å². The molecule has 1 saturated heterocycles. The number of H-pyrrole nitrogens is 1. The highest BCUT2D eigenvalue weighted by Gasteiger charge is 2.27. The second kappa shape index (κ2) is 9.01. The SMILES string of the molecule is COC(=O)N1CCN(CC(=O)c2[nH]c3ccccc3c2C(=O)Nc2ccccc2)CC1. The van der Waals surface area contributed by atoms with Crippen LogP contribution in [0.5, 0.6) is 0 Å². The highest BCUT2D eigenvalue weighted by Crippen LogP contribution is 2.24. The van der Waals surface area contributed by atoms with Crippen molar-refractivity contribution in [3.05, 3.63) is 65.9 Å². The Morgan fingerprint density at radius 2 is 1.65 bits per heavy atom. The first-order chi connectivity index (χ1) is 15.1. The van der Waals surface area contributed by atoms with Crippen molar-refractivity contribution in [2.45, 2.75) is 0 Å². The number of amides is 2. The molecule has 8 nitrogen and oxygen atoms in total. The molecule has 31 heavy (non-hydrogen) atoms.